The van der Waals surface area contributed by atoms with Crippen molar-refractivity contribution >= 4 is 0 Å². The molecular formula is C14H26O. The molecule has 0 heterocycles. The Kier molecular flexibility index (Phi) is 4.85. The molecule has 0 aromatic rings. The Hall–Kier alpha value is -0.300. The van der Waals surface area contributed by atoms with Gasteiger partial charge in [0.15, 0.2) is 0 Å². The van der Waals surface area contributed by atoms with Crippen LogP contribution in [0.15, 0.2) is 12.7 Å². The molecule has 1 heteroatoms. The highest BCUT2D eigenvalue weighted by Gasteiger charge is 2.37. The monoisotopic (exact) mass is 210 g/mol. The van der Waals surface area contributed by atoms with Crippen molar-refractivity contribution in [1.82, 2.24) is 0 Å². The van der Waals surface area contributed by atoms with Gasteiger partial charge < -0.3 is 5.11 Å². The number of allylic oxidation sites excluding steroid dienone is 1. The molecule has 0 aromatic heterocycles. The Morgan fingerprint density at radius 1 is 1.40 bits per heavy atom. The van der Waals surface area contributed by atoms with Crippen LogP contribution in [0.2, 0.25) is 0 Å². The van der Waals surface area contributed by atoms with Crippen LogP contribution in [0.1, 0.15) is 58.8 Å². The number of aliphatic hydroxyl groups is 1. The van der Waals surface area contributed by atoms with E-state index in [-0.39, 0.29) is 0 Å². The third-order valence-electron chi connectivity index (χ3n) is 4.09. The van der Waals surface area contributed by atoms with Gasteiger partial charge in [-0.3, -0.25) is 0 Å². The minimum absolute atomic E-state index is 0.477. The molecule has 0 spiro atoms. The van der Waals surface area contributed by atoms with Gasteiger partial charge in [-0.25, -0.2) is 0 Å². The van der Waals surface area contributed by atoms with E-state index in [0.717, 1.165) is 18.8 Å². The summed E-state index contributed by atoms with van der Waals surface area (Å²) in [6.45, 7) is 8.02. The van der Waals surface area contributed by atoms with E-state index in [1.807, 2.05) is 13.0 Å². The van der Waals surface area contributed by atoms with Crippen LogP contribution in [0.25, 0.3) is 0 Å². The third kappa shape index (κ3) is 3.34. The molecule has 0 radical (unpaired) electrons. The van der Waals surface area contributed by atoms with E-state index in [1.165, 1.54) is 32.1 Å². The molecule has 1 fully saturated rings. The predicted molar refractivity (Wildman–Crippen MR) is 65.8 cm³/mol. The van der Waals surface area contributed by atoms with Crippen LogP contribution in [-0.4, -0.2) is 10.7 Å². The van der Waals surface area contributed by atoms with Crippen LogP contribution >= 0.6 is 0 Å². The largest absolute Gasteiger partial charge is 0.390 e. The molecule has 1 rings (SSSR count). The summed E-state index contributed by atoms with van der Waals surface area (Å²) in [4.78, 5) is 0. The van der Waals surface area contributed by atoms with Crippen LogP contribution in [0, 0.1) is 11.8 Å². The van der Waals surface area contributed by atoms with Crippen molar-refractivity contribution in [3.63, 3.8) is 0 Å². The number of rotatable bonds is 5. The lowest BCUT2D eigenvalue weighted by Gasteiger charge is -2.41. The van der Waals surface area contributed by atoms with Crippen LogP contribution in [0.4, 0.5) is 0 Å². The summed E-state index contributed by atoms with van der Waals surface area (Å²) >= 11 is 0. The lowest BCUT2D eigenvalue weighted by Crippen LogP contribution is -2.40. The fourth-order valence-electron chi connectivity index (χ4n) is 3.09. The van der Waals surface area contributed by atoms with Crippen molar-refractivity contribution in [3.8, 4) is 0 Å². The summed E-state index contributed by atoms with van der Waals surface area (Å²) in [5.41, 5.74) is -0.477. The first-order chi connectivity index (χ1) is 7.11. The van der Waals surface area contributed by atoms with Gasteiger partial charge in [-0.05, 0) is 38.0 Å². The zero-order chi connectivity index (χ0) is 11.3. The van der Waals surface area contributed by atoms with Crippen molar-refractivity contribution in [2.75, 3.05) is 0 Å². The normalized spacial score (nSPS) is 30.9. The van der Waals surface area contributed by atoms with E-state index in [0.29, 0.717) is 5.92 Å². The van der Waals surface area contributed by atoms with Gasteiger partial charge in [0.1, 0.15) is 0 Å². The van der Waals surface area contributed by atoms with Crippen LogP contribution in [-0.2, 0) is 0 Å². The maximum atomic E-state index is 10.5. The van der Waals surface area contributed by atoms with E-state index >= 15 is 0 Å². The van der Waals surface area contributed by atoms with E-state index in [4.69, 9.17) is 0 Å². The summed E-state index contributed by atoms with van der Waals surface area (Å²) < 4.78 is 0. The van der Waals surface area contributed by atoms with E-state index in [9.17, 15) is 5.11 Å². The molecule has 0 bridgehead atoms. The molecule has 0 amide bonds. The molecule has 3 atom stereocenters. The smallest absolute Gasteiger partial charge is 0.0653 e. The molecule has 1 aliphatic rings. The minimum Gasteiger partial charge on any atom is -0.390 e. The van der Waals surface area contributed by atoms with Gasteiger partial charge in [-0.2, -0.15) is 0 Å². The SMILES string of the molecule is C=CCCC(C)(O)C1CCCCC1CC. The average Bonchev–Trinajstić information content (AvgIpc) is 2.26. The Morgan fingerprint density at radius 3 is 2.67 bits per heavy atom. The van der Waals surface area contributed by atoms with Crippen molar-refractivity contribution in [3.05, 3.63) is 12.7 Å². The van der Waals surface area contributed by atoms with Gasteiger partial charge in [-0.1, -0.05) is 38.7 Å². The maximum absolute atomic E-state index is 10.5. The lowest BCUT2D eigenvalue weighted by atomic mass is 9.68. The second-order valence-corrected chi connectivity index (χ2v) is 5.24. The standard InChI is InChI=1S/C14H26O/c1-4-6-11-14(3,15)13-10-8-7-9-12(13)5-2/h4,12-13,15H,1,5-11H2,2-3H3. The minimum atomic E-state index is -0.477. The van der Waals surface area contributed by atoms with Crippen LogP contribution in [0.5, 0.6) is 0 Å². The topological polar surface area (TPSA) is 20.2 Å². The Labute approximate surface area is 94.6 Å². The van der Waals surface area contributed by atoms with Crippen molar-refractivity contribution in [2.24, 2.45) is 11.8 Å². The van der Waals surface area contributed by atoms with Crippen molar-refractivity contribution < 1.29 is 5.11 Å². The summed E-state index contributed by atoms with van der Waals surface area (Å²) in [5.74, 6) is 1.25. The highest BCUT2D eigenvalue weighted by molar-refractivity contribution is 4.90. The van der Waals surface area contributed by atoms with Gasteiger partial charge in [0.25, 0.3) is 0 Å². The van der Waals surface area contributed by atoms with Gasteiger partial charge in [0.2, 0.25) is 0 Å². The van der Waals surface area contributed by atoms with Crippen molar-refractivity contribution in [2.45, 2.75) is 64.4 Å². The molecule has 0 aliphatic heterocycles. The second-order valence-electron chi connectivity index (χ2n) is 5.24. The first kappa shape index (κ1) is 12.8. The van der Waals surface area contributed by atoms with Gasteiger partial charge in [0.05, 0.1) is 5.60 Å². The third-order valence-corrected chi connectivity index (χ3v) is 4.09. The Morgan fingerprint density at radius 2 is 2.07 bits per heavy atom. The molecule has 1 aliphatic carbocycles. The zero-order valence-corrected chi connectivity index (χ0v) is 10.3. The predicted octanol–water partition coefficient (Wildman–Crippen LogP) is 3.92. The molecule has 0 saturated heterocycles. The number of hydrogen-bond acceptors (Lipinski definition) is 1. The van der Waals surface area contributed by atoms with E-state index < -0.39 is 5.60 Å². The molecule has 88 valence electrons. The van der Waals surface area contributed by atoms with Crippen LogP contribution < -0.4 is 0 Å². The zero-order valence-electron chi connectivity index (χ0n) is 10.3. The lowest BCUT2D eigenvalue weighted by molar-refractivity contribution is -0.0488. The molecule has 1 nitrogen and oxygen atoms in total. The molecular weight excluding hydrogens is 184 g/mol. The fraction of sp³-hybridized carbons (Fsp3) is 0.857. The van der Waals surface area contributed by atoms with Gasteiger partial charge in [0, 0.05) is 0 Å². The van der Waals surface area contributed by atoms with E-state index in [1.54, 1.807) is 0 Å². The maximum Gasteiger partial charge on any atom is 0.0653 e. The van der Waals surface area contributed by atoms with Crippen molar-refractivity contribution in [1.29, 1.82) is 0 Å². The molecule has 1 saturated carbocycles. The fourth-order valence-corrected chi connectivity index (χ4v) is 3.09. The summed E-state index contributed by atoms with van der Waals surface area (Å²) in [5, 5.41) is 10.5. The first-order valence-corrected chi connectivity index (χ1v) is 6.45. The number of hydrogen-bond donors (Lipinski definition) is 1. The van der Waals surface area contributed by atoms with E-state index in [2.05, 4.69) is 13.5 Å². The molecule has 3 unspecified atom stereocenters. The molecule has 1 N–H and O–H groups in total. The average molecular weight is 210 g/mol. The summed E-state index contributed by atoms with van der Waals surface area (Å²) in [6.07, 6.45) is 10.1. The van der Waals surface area contributed by atoms with Crippen LogP contribution in [0.3, 0.4) is 0 Å². The summed E-state index contributed by atoms with van der Waals surface area (Å²) in [6, 6.07) is 0. The Balaban J connectivity index is 2.60. The van der Waals surface area contributed by atoms with Gasteiger partial charge in [-0.15, -0.1) is 6.58 Å². The first-order valence-electron chi connectivity index (χ1n) is 6.45. The van der Waals surface area contributed by atoms with Gasteiger partial charge >= 0.3 is 0 Å². The highest BCUT2D eigenvalue weighted by atomic mass is 16.3. The highest BCUT2D eigenvalue weighted by Crippen LogP contribution is 2.40. The summed E-state index contributed by atoms with van der Waals surface area (Å²) in [7, 11) is 0. The quantitative estimate of drug-likeness (QED) is 0.682. The molecule has 0 aromatic carbocycles. The Bertz CT molecular complexity index is 196. The molecule has 15 heavy (non-hydrogen) atoms. The second kappa shape index (κ2) is 5.69.